The topological polar surface area (TPSA) is 41.6 Å². The zero-order valence-corrected chi connectivity index (χ0v) is 14.3. The lowest BCUT2D eigenvalue weighted by Gasteiger charge is -2.31. The van der Waals surface area contributed by atoms with E-state index >= 15 is 0 Å². The number of methoxy groups -OCH3 is 1. The van der Waals surface area contributed by atoms with Crippen molar-refractivity contribution in [3.63, 3.8) is 0 Å². The molecule has 2 fully saturated rings. The molecule has 0 bridgehead atoms. The van der Waals surface area contributed by atoms with Gasteiger partial charge in [0.1, 0.15) is 0 Å². The normalized spacial score (nSPS) is 20.7. The maximum atomic E-state index is 12.8. The van der Waals surface area contributed by atoms with Crippen molar-refractivity contribution < 1.29 is 9.53 Å². The van der Waals surface area contributed by atoms with Crippen LogP contribution >= 0.6 is 0 Å². The third kappa shape index (κ3) is 3.75. The molecule has 0 aliphatic carbocycles. The van der Waals surface area contributed by atoms with Crippen LogP contribution < -0.4 is 5.32 Å². The summed E-state index contributed by atoms with van der Waals surface area (Å²) in [6.07, 6.45) is 4.52. The Kier molecular flexibility index (Phi) is 5.34. The van der Waals surface area contributed by atoms with Crippen LogP contribution in [0.25, 0.3) is 0 Å². The van der Waals surface area contributed by atoms with Gasteiger partial charge in [0.25, 0.3) is 5.91 Å². The molecule has 2 saturated heterocycles. The van der Waals surface area contributed by atoms with Crippen LogP contribution in [0, 0.1) is 6.92 Å². The average molecular weight is 316 g/mol. The fourth-order valence-electron chi connectivity index (χ4n) is 3.82. The number of amides is 1. The number of ether oxygens (including phenoxy) is 1. The van der Waals surface area contributed by atoms with Gasteiger partial charge in [-0.2, -0.15) is 0 Å². The van der Waals surface area contributed by atoms with Crippen molar-refractivity contribution in [1.82, 2.24) is 10.2 Å². The molecule has 1 N–H and O–H groups in total. The Morgan fingerprint density at radius 3 is 2.52 bits per heavy atom. The van der Waals surface area contributed by atoms with E-state index in [2.05, 4.69) is 24.4 Å². The van der Waals surface area contributed by atoms with Gasteiger partial charge in [0, 0.05) is 25.8 Å². The fourth-order valence-corrected chi connectivity index (χ4v) is 3.82. The summed E-state index contributed by atoms with van der Waals surface area (Å²) < 4.78 is 5.40. The Morgan fingerprint density at radius 2 is 1.87 bits per heavy atom. The number of carbonyl (C=O) groups is 1. The van der Waals surface area contributed by atoms with Gasteiger partial charge >= 0.3 is 0 Å². The Morgan fingerprint density at radius 1 is 1.17 bits per heavy atom. The molecule has 1 aromatic rings. The Bertz CT molecular complexity index is 544. The highest BCUT2D eigenvalue weighted by Gasteiger charge is 2.25. The molecule has 0 unspecified atom stereocenters. The monoisotopic (exact) mass is 316 g/mol. The molecule has 4 heteroatoms. The second-order valence-electron chi connectivity index (χ2n) is 6.82. The van der Waals surface area contributed by atoms with Crippen molar-refractivity contribution in [2.45, 2.75) is 44.6 Å². The average Bonchev–Trinajstić information content (AvgIpc) is 2.62. The summed E-state index contributed by atoms with van der Waals surface area (Å²) in [6, 6.07) is 6.26. The minimum absolute atomic E-state index is 0.176. The quantitative estimate of drug-likeness (QED) is 0.932. The van der Waals surface area contributed by atoms with E-state index < -0.39 is 0 Å². The van der Waals surface area contributed by atoms with E-state index in [1.165, 1.54) is 11.1 Å². The van der Waals surface area contributed by atoms with Crippen LogP contribution in [-0.4, -0.2) is 50.2 Å². The summed E-state index contributed by atoms with van der Waals surface area (Å²) in [5.41, 5.74) is 3.52. The molecule has 2 aliphatic heterocycles. The van der Waals surface area contributed by atoms with Gasteiger partial charge < -0.3 is 15.0 Å². The molecular formula is C19H28N2O2. The fraction of sp³-hybridized carbons (Fsp3) is 0.632. The van der Waals surface area contributed by atoms with E-state index in [1.54, 1.807) is 7.11 Å². The summed E-state index contributed by atoms with van der Waals surface area (Å²) in [6.45, 7) is 5.91. The molecule has 1 aromatic carbocycles. The van der Waals surface area contributed by atoms with Crippen molar-refractivity contribution in [2.24, 2.45) is 0 Å². The maximum Gasteiger partial charge on any atom is 0.253 e. The number of nitrogens with one attached hydrogen (secondary N) is 1. The summed E-state index contributed by atoms with van der Waals surface area (Å²) in [7, 11) is 1.76. The van der Waals surface area contributed by atoms with E-state index in [9.17, 15) is 4.79 Å². The molecule has 0 spiro atoms. The Balaban J connectivity index is 1.73. The van der Waals surface area contributed by atoms with Crippen molar-refractivity contribution in [2.75, 3.05) is 33.3 Å². The number of hydrogen-bond acceptors (Lipinski definition) is 3. The molecule has 0 radical (unpaired) electrons. The lowest BCUT2D eigenvalue weighted by molar-refractivity contribution is 0.0350. The highest BCUT2D eigenvalue weighted by molar-refractivity contribution is 5.94. The molecule has 2 aliphatic rings. The van der Waals surface area contributed by atoms with Crippen molar-refractivity contribution in [3.8, 4) is 0 Å². The number of hydrogen-bond donors (Lipinski definition) is 1. The molecule has 4 nitrogen and oxygen atoms in total. The summed E-state index contributed by atoms with van der Waals surface area (Å²) in [4.78, 5) is 14.8. The van der Waals surface area contributed by atoms with Crippen molar-refractivity contribution in [3.05, 3.63) is 34.9 Å². The first-order valence-corrected chi connectivity index (χ1v) is 8.82. The van der Waals surface area contributed by atoms with Crippen LogP contribution in [0.2, 0.25) is 0 Å². The Labute approximate surface area is 139 Å². The van der Waals surface area contributed by atoms with Gasteiger partial charge in [-0.15, -0.1) is 0 Å². The van der Waals surface area contributed by atoms with Gasteiger partial charge in [-0.1, -0.05) is 6.07 Å². The number of rotatable bonds is 3. The van der Waals surface area contributed by atoms with E-state index in [4.69, 9.17) is 4.74 Å². The zero-order valence-electron chi connectivity index (χ0n) is 14.3. The van der Waals surface area contributed by atoms with Crippen molar-refractivity contribution >= 4 is 5.91 Å². The van der Waals surface area contributed by atoms with Crippen LogP contribution in [0.4, 0.5) is 0 Å². The largest absolute Gasteiger partial charge is 0.381 e. The van der Waals surface area contributed by atoms with Crippen LogP contribution in [-0.2, 0) is 4.74 Å². The molecule has 0 atom stereocenters. The van der Waals surface area contributed by atoms with E-state index in [0.29, 0.717) is 12.0 Å². The molecule has 0 saturated carbocycles. The minimum Gasteiger partial charge on any atom is -0.381 e. The molecule has 0 aromatic heterocycles. The van der Waals surface area contributed by atoms with Gasteiger partial charge in [0.2, 0.25) is 0 Å². The lowest BCUT2D eigenvalue weighted by atomic mass is 9.86. The number of benzene rings is 1. The first-order chi connectivity index (χ1) is 11.2. The summed E-state index contributed by atoms with van der Waals surface area (Å²) in [5, 5.41) is 3.42. The van der Waals surface area contributed by atoms with Gasteiger partial charge in [-0.3, -0.25) is 4.79 Å². The second-order valence-corrected chi connectivity index (χ2v) is 6.82. The molecule has 23 heavy (non-hydrogen) atoms. The standard InChI is InChI=1S/C19H28N2O2/c1-14-3-4-16(13-18(14)15-5-9-20-10-6-15)19(22)21-11-7-17(23-2)8-12-21/h3-4,13,15,17,20H,5-12H2,1-2H3. The number of carbonyl (C=O) groups excluding carboxylic acids is 1. The van der Waals surface area contributed by atoms with Gasteiger partial charge in [-0.05, 0) is 74.9 Å². The van der Waals surface area contributed by atoms with Crippen LogP contribution in [0.5, 0.6) is 0 Å². The Hall–Kier alpha value is -1.39. The first kappa shape index (κ1) is 16.5. The highest BCUT2D eigenvalue weighted by Crippen LogP contribution is 2.29. The molecule has 126 valence electrons. The van der Waals surface area contributed by atoms with Gasteiger partial charge in [0.05, 0.1) is 6.10 Å². The molecule has 3 rings (SSSR count). The maximum absolute atomic E-state index is 12.8. The number of nitrogens with zero attached hydrogens (tertiary/aromatic N) is 1. The lowest BCUT2D eigenvalue weighted by Crippen LogP contribution is -2.40. The van der Waals surface area contributed by atoms with Gasteiger partial charge in [0.15, 0.2) is 0 Å². The number of piperidine rings is 2. The summed E-state index contributed by atoms with van der Waals surface area (Å²) >= 11 is 0. The summed E-state index contributed by atoms with van der Waals surface area (Å²) in [5.74, 6) is 0.762. The van der Waals surface area contributed by atoms with Crippen molar-refractivity contribution in [1.29, 1.82) is 0 Å². The van der Waals surface area contributed by atoms with Crippen LogP contribution in [0.3, 0.4) is 0 Å². The van der Waals surface area contributed by atoms with E-state index in [1.807, 2.05) is 11.0 Å². The second kappa shape index (κ2) is 7.45. The molecule has 2 heterocycles. The SMILES string of the molecule is COC1CCN(C(=O)c2ccc(C)c(C3CCNCC3)c2)CC1. The molecule has 1 amide bonds. The third-order valence-electron chi connectivity index (χ3n) is 5.37. The van der Waals surface area contributed by atoms with Crippen LogP contribution in [0.1, 0.15) is 53.1 Å². The smallest absolute Gasteiger partial charge is 0.253 e. The number of aryl methyl sites for hydroxylation is 1. The molecular weight excluding hydrogens is 288 g/mol. The van der Waals surface area contributed by atoms with E-state index in [-0.39, 0.29) is 5.91 Å². The predicted molar refractivity (Wildman–Crippen MR) is 92.0 cm³/mol. The van der Waals surface area contributed by atoms with Crippen LogP contribution in [0.15, 0.2) is 18.2 Å². The highest BCUT2D eigenvalue weighted by atomic mass is 16.5. The van der Waals surface area contributed by atoms with Gasteiger partial charge in [-0.25, -0.2) is 0 Å². The number of likely N-dealkylation sites (tertiary alicyclic amines) is 1. The van der Waals surface area contributed by atoms with E-state index in [0.717, 1.165) is 57.4 Å². The minimum atomic E-state index is 0.176. The first-order valence-electron chi connectivity index (χ1n) is 8.82. The third-order valence-corrected chi connectivity index (χ3v) is 5.37. The predicted octanol–water partition coefficient (Wildman–Crippen LogP) is 2.71. The zero-order chi connectivity index (χ0) is 16.2.